The Kier molecular flexibility index (Phi) is 4.79. The summed E-state index contributed by atoms with van der Waals surface area (Å²) in [5.41, 5.74) is 2.51. The highest BCUT2D eigenvalue weighted by molar-refractivity contribution is 5.97. The first-order chi connectivity index (χ1) is 13.3. The second-order valence-corrected chi connectivity index (χ2v) is 6.15. The average Bonchev–Trinajstić information content (AvgIpc) is 2.73. The van der Waals surface area contributed by atoms with E-state index < -0.39 is 0 Å². The van der Waals surface area contributed by atoms with Crippen LogP contribution >= 0.6 is 0 Å². The lowest BCUT2D eigenvalue weighted by Crippen LogP contribution is -2.22. The van der Waals surface area contributed by atoms with E-state index in [0.29, 0.717) is 12.1 Å². The van der Waals surface area contributed by atoms with E-state index in [4.69, 9.17) is 4.74 Å². The summed E-state index contributed by atoms with van der Waals surface area (Å²) < 4.78 is 5.78. The highest BCUT2D eigenvalue weighted by atomic mass is 16.5. The van der Waals surface area contributed by atoms with E-state index in [0.717, 1.165) is 28.0 Å². The van der Waals surface area contributed by atoms with Crippen LogP contribution in [0.2, 0.25) is 0 Å². The summed E-state index contributed by atoms with van der Waals surface area (Å²) >= 11 is 0. The summed E-state index contributed by atoms with van der Waals surface area (Å²) in [6.45, 7) is 0.454. The molecule has 0 aliphatic rings. The summed E-state index contributed by atoms with van der Waals surface area (Å²) in [5.74, 6) is 1.45. The first-order valence-electron chi connectivity index (χ1n) is 8.73. The fraction of sp³-hybridized carbons (Fsp3) is 0.0435. The number of hydrogen-bond acceptors (Lipinski definition) is 3. The summed E-state index contributed by atoms with van der Waals surface area (Å²) in [6.07, 6.45) is 1.74. The molecule has 4 heteroatoms. The number of carbonyl (C=O) groups is 1. The maximum absolute atomic E-state index is 12.4. The van der Waals surface area contributed by atoms with Gasteiger partial charge in [-0.3, -0.25) is 9.78 Å². The van der Waals surface area contributed by atoms with Crippen molar-refractivity contribution in [3.8, 4) is 11.5 Å². The van der Waals surface area contributed by atoms with Crippen LogP contribution < -0.4 is 10.1 Å². The summed E-state index contributed by atoms with van der Waals surface area (Å²) in [7, 11) is 0. The number of rotatable bonds is 5. The Morgan fingerprint density at radius 2 is 1.63 bits per heavy atom. The largest absolute Gasteiger partial charge is 0.457 e. The van der Waals surface area contributed by atoms with Crippen LogP contribution in [0.4, 0.5) is 0 Å². The molecular weight excluding hydrogens is 336 g/mol. The highest BCUT2D eigenvalue weighted by Crippen LogP contribution is 2.21. The van der Waals surface area contributed by atoms with Crippen molar-refractivity contribution in [1.29, 1.82) is 0 Å². The Bertz CT molecular complexity index is 1060. The summed E-state index contributed by atoms with van der Waals surface area (Å²) in [6, 6.07) is 26.6. The smallest absolute Gasteiger partial charge is 0.251 e. The molecular formula is C23H18N2O2. The molecule has 0 spiro atoms. The Morgan fingerprint density at radius 3 is 2.44 bits per heavy atom. The van der Waals surface area contributed by atoms with Gasteiger partial charge in [0.1, 0.15) is 11.5 Å². The zero-order chi connectivity index (χ0) is 18.5. The average molecular weight is 354 g/mol. The molecule has 0 saturated heterocycles. The molecule has 4 rings (SSSR count). The van der Waals surface area contributed by atoms with Gasteiger partial charge in [0, 0.05) is 23.7 Å². The summed E-state index contributed by atoms with van der Waals surface area (Å²) in [4.78, 5) is 16.7. The Labute approximate surface area is 157 Å². The van der Waals surface area contributed by atoms with Gasteiger partial charge in [0.15, 0.2) is 0 Å². The van der Waals surface area contributed by atoms with Gasteiger partial charge in [0.25, 0.3) is 5.91 Å². The molecule has 132 valence electrons. The lowest BCUT2D eigenvalue weighted by atomic mass is 10.1. The number of aromatic nitrogens is 1. The molecule has 0 bridgehead atoms. The highest BCUT2D eigenvalue weighted by Gasteiger charge is 2.07. The minimum absolute atomic E-state index is 0.106. The van der Waals surface area contributed by atoms with Gasteiger partial charge >= 0.3 is 0 Å². The van der Waals surface area contributed by atoms with E-state index in [-0.39, 0.29) is 5.91 Å². The third kappa shape index (κ3) is 4.12. The topological polar surface area (TPSA) is 51.2 Å². The zero-order valence-electron chi connectivity index (χ0n) is 14.6. The summed E-state index contributed by atoms with van der Waals surface area (Å²) in [5, 5.41) is 3.90. The van der Waals surface area contributed by atoms with E-state index >= 15 is 0 Å². The third-order valence-electron chi connectivity index (χ3n) is 4.22. The molecule has 0 fully saturated rings. The fourth-order valence-corrected chi connectivity index (χ4v) is 2.80. The van der Waals surface area contributed by atoms with Gasteiger partial charge in [-0.25, -0.2) is 0 Å². The number of benzene rings is 3. The number of amides is 1. The van der Waals surface area contributed by atoms with Gasteiger partial charge in [0.2, 0.25) is 0 Å². The Morgan fingerprint density at radius 1 is 0.852 bits per heavy atom. The number of nitrogens with one attached hydrogen (secondary N) is 1. The van der Waals surface area contributed by atoms with Crippen LogP contribution in [0.15, 0.2) is 91.1 Å². The standard InChI is InChI=1S/C23H18N2O2/c26-23(19-10-13-22-18(15-19)5-4-14-24-22)25-16-17-8-11-21(12-9-17)27-20-6-2-1-3-7-20/h1-15H,16H2,(H,25,26). The number of carbonyl (C=O) groups excluding carboxylic acids is 1. The zero-order valence-corrected chi connectivity index (χ0v) is 14.6. The maximum atomic E-state index is 12.4. The lowest BCUT2D eigenvalue weighted by molar-refractivity contribution is 0.0951. The van der Waals surface area contributed by atoms with Crippen molar-refractivity contribution >= 4 is 16.8 Å². The minimum Gasteiger partial charge on any atom is -0.457 e. The van der Waals surface area contributed by atoms with Crippen LogP contribution in [-0.4, -0.2) is 10.9 Å². The molecule has 0 radical (unpaired) electrons. The van der Waals surface area contributed by atoms with E-state index in [2.05, 4.69) is 10.3 Å². The van der Waals surface area contributed by atoms with E-state index in [1.807, 2.05) is 78.9 Å². The molecule has 0 aliphatic carbocycles. The lowest BCUT2D eigenvalue weighted by Gasteiger charge is -2.08. The van der Waals surface area contributed by atoms with Crippen molar-refractivity contribution in [2.24, 2.45) is 0 Å². The van der Waals surface area contributed by atoms with Gasteiger partial charge in [-0.2, -0.15) is 0 Å². The van der Waals surface area contributed by atoms with Crippen LogP contribution in [0, 0.1) is 0 Å². The predicted octanol–water partition coefficient (Wildman–Crippen LogP) is 4.96. The van der Waals surface area contributed by atoms with Crippen LogP contribution in [0.5, 0.6) is 11.5 Å². The van der Waals surface area contributed by atoms with Gasteiger partial charge in [-0.1, -0.05) is 36.4 Å². The molecule has 1 aromatic heterocycles. The number of nitrogens with zero attached hydrogens (tertiary/aromatic N) is 1. The molecule has 4 aromatic rings. The number of ether oxygens (including phenoxy) is 1. The quantitative estimate of drug-likeness (QED) is 0.551. The van der Waals surface area contributed by atoms with Crippen molar-refractivity contribution in [2.75, 3.05) is 0 Å². The Balaban J connectivity index is 1.38. The predicted molar refractivity (Wildman–Crippen MR) is 106 cm³/mol. The van der Waals surface area contributed by atoms with Gasteiger partial charge in [0.05, 0.1) is 5.52 Å². The fourth-order valence-electron chi connectivity index (χ4n) is 2.80. The van der Waals surface area contributed by atoms with Crippen molar-refractivity contribution in [3.05, 3.63) is 102 Å². The van der Waals surface area contributed by atoms with Crippen LogP contribution in [0.1, 0.15) is 15.9 Å². The van der Waals surface area contributed by atoms with E-state index in [9.17, 15) is 4.79 Å². The monoisotopic (exact) mass is 354 g/mol. The Hall–Kier alpha value is -3.66. The molecule has 1 amide bonds. The van der Waals surface area contributed by atoms with Crippen molar-refractivity contribution < 1.29 is 9.53 Å². The van der Waals surface area contributed by atoms with Gasteiger partial charge in [-0.05, 0) is 54.1 Å². The molecule has 0 saturated carbocycles. The molecule has 27 heavy (non-hydrogen) atoms. The molecule has 1 N–H and O–H groups in total. The number of pyridine rings is 1. The van der Waals surface area contributed by atoms with Crippen molar-refractivity contribution in [2.45, 2.75) is 6.54 Å². The second-order valence-electron chi connectivity index (χ2n) is 6.15. The molecule has 0 aliphatic heterocycles. The first-order valence-corrected chi connectivity index (χ1v) is 8.73. The minimum atomic E-state index is -0.106. The molecule has 4 nitrogen and oxygen atoms in total. The SMILES string of the molecule is O=C(NCc1ccc(Oc2ccccc2)cc1)c1ccc2ncccc2c1. The second kappa shape index (κ2) is 7.70. The van der Waals surface area contributed by atoms with E-state index in [1.54, 1.807) is 12.3 Å². The molecule has 0 atom stereocenters. The van der Waals surface area contributed by atoms with Crippen LogP contribution in [0.25, 0.3) is 10.9 Å². The van der Waals surface area contributed by atoms with E-state index in [1.165, 1.54) is 0 Å². The van der Waals surface area contributed by atoms with Crippen molar-refractivity contribution in [3.63, 3.8) is 0 Å². The first kappa shape index (κ1) is 16.8. The molecule has 1 heterocycles. The molecule has 3 aromatic carbocycles. The molecule has 0 unspecified atom stereocenters. The third-order valence-corrected chi connectivity index (χ3v) is 4.22. The normalized spacial score (nSPS) is 10.5. The van der Waals surface area contributed by atoms with Crippen molar-refractivity contribution in [1.82, 2.24) is 10.3 Å². The van der Waals surface area contributed by atoms with Gasteiger partial charge < -0.3 is 10.1 Å². The number of hydrogen-bond donors (Lipinski definition) is 1. The van der Waals surface area contributed by atoms with Gasteiger partial charge in [-0.15, -0.1) is 0 Å². The number of fused-ring (bicyclic) bond motifs is 1. The van der Waals surface area contributed by atoms with Crippen LogP contribution in [-0.2, 0) is 6.54 Å². The number of para-hydroxylation sites is 1. The van der Waals surface area contributed by atoms with Crippen LogP contribution in [0.3, 0.4) is 0 Å². The maximum Gasteiger partial charge on any atom is 0.251 e.